The summed E-state index contributed by atoms with van der Waals surface area (Å²) in [5, 5.41) is 8.54. The minimum Gasteiger partial charge on any atom is -0.481 e. The van der Waals surface area contributed by atoms with Crippen molar-refractivity contribution < 1.29 is 14.7 Å². The van der Waals surface area contributed by atoms with E-state index in [-0.39, 0.29) is 18.0 Å². The Labute approximate surface area is 166 Å². The van der Waals surface area contributed by atoms with Gasteiger partial charge in [-0.2, -0.15) is 0 Å². The molecule has 0 spiro atoms. The van der Waals surface area contributed by atoms with E-state index in [0.717, 1.165) is 12.2 Å². The summed E-state index contributed by atoms with van der Waals surface area (Å²) in [7, 11) is 0. The number of aliphatic carboxylic acids is 1. The zero-order valence-corrected chi connectivity index (χ0v) is 17.9. The lowest BCUT2D eigenvalue weighted by Crippen LogP contribution is -2.00. The lowest BCUT2D eigenvalue weighted by atomic mass is 10.0. The van der Waals surface area contributed by atoms with Gasteiger partial charge in [0.1, 0.15) is 0 Å². The fourth-order valence-electron chi connectivity index (χ4n) is 3.12. The Morgan fingerprint density at radius 2 is 1.00 bits per heavy atom. The van der Waals surface area contributed by atoms with Crippen LogP contribution >= 0.6 is 11.8 Å². The van der Waals surface area contributed by atoms with E-state index in [4.69, 9.17) is 5.11 Å². The summed E-state index contributed by atoms with van der Waals surface area (Å²) in [5.74, 6) is -0.0435. The molecule has 0 saturated heterocycles. The maximum Gasteiger partial charge on any atom is 0.303 e. The van der Waals surface area contributed by atoms with Crippen molar-refractivity contribution in [3.8, 4) is 0 Å². The van der Waals surface area contributed by atoms with E-state index in [2.05, 4.69) is 6.92 Å². The number of hydrogen-bond acceptors (Lipinski definition) is 3. The van der Waals surface area contributed by atoms with Gasteiger partial charge in [0.15, 0.2) is 5.12 Å². The van der Waals surface area contributed by atoms with Crippen LogP contribution in [0.3, 0.4) is 0 Å². The maximum absolute atomic E-state index is 11.4. The average Bonchev–Trinajstić information content (AvgIpc) is 2.62. The molecule has 0 radical (unpaired) electrons. The maximum atomic E-state index is 11.4. The molecule has 0 aliphatic carbocycles. The van der Waals surface area contributed by atoms with Gasteiger partial charge in [-0.1, -0.05) is 115 Å². The first-order chi connectivity index (χ1) is 12.7. The van der Waals surface area contributed by atoms with Gasteiger partial charge < -0.3 is 5.11 Å². The number of carbonyl (C=O) groups excluding carboxylic acids is 1. The van der Waals surface area contributed by atoms with Gasteiger partial charge in [-0.25, -0.2) is 0 Å². The van der Waals surface area contributed by atoms with Gasteiger partial charge in [0.05, 0.1) is 6.42 Å². The Morgan fingerprint density at radius 1 is 0.615 bits per heavy atom. The van der Waals surface area contributed by atoms with E-state index in [9.17, 15) is 9.59 Å². The van der Waals surface area contributed by atoms with Crippen molar-refractivity contribution >= 4 is 22.8 Å². The number of carbonyl (C=O) groups is 2. The van der Waals surface area contributed by atoms with Crippen molar-refractivity contribution in [1.82, 2.24) is 0 Å². The zero-order chi connectivity index (χ0) is 19.3. The van der Waals surface area contributed by atoms with Crippen LogP contribution in [0.15, 0.2) is 0 Å². The van der Waals surface area contributed by atoms with Crippen LogP contribution in [0.2, 0.25) is 0 Å². The smallest absolute Gasteiger partial charge is 0.303 e. The normalized spacial score (nSPS) is 11.0. The van der Waals surface area contributed by atoms with Crippen LogP contribution in [0.5, 0.6) is 0 Å². The van der Waals surface area contributed by atoms with Crippen molar-refractivity contribution in [3.05, 3.63) is 0 Å². The third kappa shape index (κ3) is 21.5. The molecule has 3 nitrogen and oxygen atoms in total. The molecule has 0 aromatic carbocycles. The van der Waals surface area contributed by atoms with Gasteiger partial charge in [0.2, 0.25) is 0 Å². The van der Waals surface area contributed by atoms with Crippen molar-refractivity contribution in [2.75, 3.05) is 5.75 Å². The third-order valence-corrected chi connectivity index (χ3v) is 5.82. The largest absolute Gasteiger partial charge is 0.481 e. The topological polar surface area (TPSA) is 54.4 Å². The predicted octanol–water partition coefficient (Wildman–Crippen LogP) is 7.37. The molecule has 0 bridgehead atoms. The number of carboxylic acid groups (broad SMARTS) is 1. The van der Waals surface area contributed by atoms with Crippen LogP contribution in [-0.4, -0.2) is 21.9 Å². The van der Waals surface area contributed by atoms with E-state index in [1.807, 2.05) is 0 Å². The average molecular weight is 387 g/mol. The Morgan fingerprint density at radius 3 is 1.38 bits per heavy atom. The summed E-state index contributed by atoms with van der Waals surface area (Å²) >= 11 is 1.30. The van der Waals surface area contributed by atoms with Gasteiger partial charge in [0, 0.05) is 12.2 Å². The monoisotopic (exact) mass is 386 g/mol. The molecule has 0 atom stereocenters. The minimum absolute atomic E-state index is 0.0216. The molecule has 0 aromatic heterocycles. The number of thioether (sulfide) groups is 1. The standard InChI is InChI=1S/C22H42O3S/c1-2-3-4-5-6-7-8-9-10-11-12-13-14-15-16-17-20-26-22(25)19-18-21(23)24/h2-20H2,1H3,(H,23,24). The van der Waals surface area contributed by atoms with Gasteiger partial charge >= 0.3 is 5.97 Å². The Balaban J connectivity index is 3.09. The van der Waals surface area contributed by atoms with Crippen molar-refractivity contribution in [2.45, 2.75) is 122 Å². The fourth-order valence-corrected chi connectivity index (χ4v) is 3.94. The van der Waals surface area contributed by atoms with Crippen LogP contribution in [0, 0.1) is 0 Å². The summed E-state index contributed by atoms with van der Waals surface area (Å²) in [5.41, 5.74) is 0. The van der Waals surface area contributed by atoms with Crippen LogP contribution in [0.1, 0.15) is 122 Å². The molecule has 0 amide bonds. The molecule has 26 heavy (non-hydrogen) atoms. The van der Waals surface area contributed by atoms with Crippen LogP contribution in [-0.2, 0) is 9.59 Å². The van der Waals surface area contributed by atoms with Crippen LogP contribution in [0.25, 0.3) is 0 Å². The highest BCUT2D eigenvalue weighted by Crippen LogP contribution is 2.15. The lowest BCUT2D eigenvalue weighted by molar-refractivity contribution is -0.137. The summed E-state index contributed by atoms with van der Waals surface area (Å²) in [6.07, 6.45) is 21.8. The minimum atomic E-state index is -0.888. The summed E-state index contributed by atoms with van der Waals surface area (Å²) in [4.78, 5) is 21.8. The summed E-state index contributed by atoms with van der Waals surface area (Å²) < 4.78 is 0. The quantitative estimate of drug-likeness (QED) is 0.222. The molecule has 4 heteroatoms. The van der Waals surface area contributed by atoms with Crippen molar-refractivity contribution in [2.24, 2.45) is 0 Å². The van der Waals surface area contributed by atoms with E-state index >= 15 is 0 Å². The SMILES string of the molecule is CCCCCCCCCCCCCCCCCCSC(=O)CCC(=O)O. The van der Waals surface area contributed by atoms with Crippen molar-refractivity contribution in [1.29, 1.82) is 0 Å². The molecule has 0 saturated carbocycles. The Hall–Kier alpha value is -0.510. The first kappa shape index (κ1) is 25.5. The molecule has 0 aromatic rings. The second-order valence-electron chi connectivity index (χ2n) is 7.42. The van der Waals surface area contributed by atoms with Gasteiger partial charge in [-0.05, 0) is 6.42 Å². The lowest BCUT2D eigenvalue weighted by Gasteiger charge is -2.03. The molecule has 0 fully saturated rings. The van der Waals surface area contributed by atoms with E-state index < -0.39 is 5.97 Å². The first-order valence-corrected chi connectivity index (χ1v) is 12.0. The summed E-state index contributed by atoms with van der Waals surface area (Å²) in [6.45, 7) is 2.27. The first-order valence-electron chi connectivity index (χ1n) is 11.0. The highest BCUT2D eigenvalue weighted by molar-refractivity contribution is 8.13. The molecule has 0 unspecified atom stereocenters. The van der Waals surface area contributed by atoms with Crippen molar-refractivity contribution in [3.63, 3.8) is 0 Å². The molecule has 0 aliphatic heterocycles. The second kappa shape index (κ2) is 20.8. The van der Waals surface area contributed by atoms with E-state index in [1.54, 1.807) is 0 Å². The Kier molecular flexibility index (Phi) is 20.4. The summed E-state index contributed by atoms with van der Waals surface area (Å²) in [6, 6.07) is 0. The molecule has 0 heterocycles. The van der Waals surface area contributed by atoms with Gasteiger partial charge in [-0.15, -0.1) is 0 Å². The fraction of sp³-hybridized carbons (Fsp3) is 0.909. The number of unbranched alkanes of at least 4 members (excludes halogenated alkanes) is 15. The third-order valence-electron chi connectivity index (χ3n) is 4.80. The number of carboxylic acids is 1. The number of hydrogen-bond donors (Lipinski definition) is 1. The number of rotatable bonds is 20. The molecule has 0 rings (SSSR count). The molecule has 0 aliphatic rings. The highest BCUT2D eigenvalue weighted by atomic mass is 32.2. The predicted molar refractivity (Wildman–Crippen MR) is 114 cm³/mol. The van der Waals surface area contributed by atoms with Crippen LogP contribution < -0.4 is 0 Å². The second-order valence-corrected chi connectivity index (χ2v) is 8.57. The van der Waals surface area contributed by atoms with E-state index in [1.165, 1.54) is 108 Å². The zero-order valence-electron chi connectivity index (χ0n) is 17.1. The van der Waals surface area contributed by atoms with E-state index in [0.29, 0.717) is 0 Å². The molecule has 154 valence electrons. The Bertz CT molecular complexity index is 331. The van der Waals surface area contributed by atoms with Gasteiger partial charge in [0.25, 0.3) is 0 Å². The van der Waals surface area contributed by atoms with Gasteiger partial charge in [-0.3, -0.25) is 9.59 Å². The molecular formula is C22H42O3S. The molecular weight excluding hydrogens is 344 g/mol. The highest BCUT2D eigenvalue weighted by Gasteiger charge is 2.05. The van der Waals surface area contributed by atoms with Crippen LogP contribution in [0.4, 0.5) is 0 Å². The molecule has 1 N–H and O–H groups in total.